The van der Waals surface area contributed by atoms with Gasteiger partial charge in [0.25, 0.3) is 11.8 Å². The first-order chi connectivity index (χ1) is 14.2. The number of hydrogen-bond donors (Lipinski definition) is 2. The van der Waals surface area contributed by atoms with Gasteiger partial charge in [0.1, 0.15) is 0 Å². The molecule has 0 saturated carbocycles. The van der Waals surface area contributed by atoms with Gasteiger partial charge in [0.15, 0.2) is 0 Å². The summed E-state index contributed by atoms with van der Waals surface area (Å²) in [7, 11) is 0. The molecule has 0 bridgehead atoms. The molecule has 2 heterocycles. The van der Waals surface area contributed by atoms with E-state index >= 15 is 0 Å². The van der Waals surface area contributed by atoms with Crippen LogP contribution >= 0.6 is 11.3 Å². The molecule has 0 aliphatic carbocycles. The van der Waals surface area contributed by atoms with Crippen LogP contribution in [0.4, 0.5) is 5.69 Å². The molecule has 5 nitrogen and oxygen atoms in total. The molecule has 4 aromatic rings. The second kappa shape index (κ2) is 8.67. The maximum atomic E-state index is 12.5. The zero-order valence-corrected chi connectivity index (χ0v) is 16.4. The van der Waals surface area contributed by atoms with Gasteiger partial charge in [0.2, 0.25) is 0 Å². The summed E-state index contributed by atoms with van der Waals surface area (Å²) in [5.74, 6) is -0.429. The lowest BCUT2D eigenvalue weighted by Crippen LogP contribution is -2.25. The molecule has 2 amide bonds. The zero-order valence-electron chi connectivity index (χ0n) is 15.6. The molecule has 2 N–H and O–H groups in total. The van der Waals surface area contributed by atoms with Crippen LogP contribution in [0.3, 0.4) is 0 Å². The average molecular weight is 401 g/mol. The standard InChI is InChI=1S/C23H19N3O2S/c27-22(25-12-10-18-15-29-21-9-2-1-8-20(18)21)16-5-3-7-19(13-16)26-23(28)17-6-4-11-24-14-17/h1-9,11,13-15H,10,12H2,(H,25,27)(H,26,28). The summed E-state index contributed by atoms with van der Waals surface area (Å²) >= 11 is 1.72. The molecule has 0 radical (unpaired) electrons. The van der Waals surface area contributed by atoms with Crippen molar-refractivity contribution in [3.8, 4) is 0 Å². The minimum Gasteiger partial charge on any atom is -0.352 e. The van der Waals surface area contributed by atoms with E-state index in [4.69, 9.17) is 0 Å². The van der Waals surface area contributed by atoms with Crippen molar-refractivity contribution in [2.24, 2.45) is 0 Å². The van der Waals surface area contributed by atoms with Crippen molar-refractivity contribution < 1.29 is 9.59 Å². The van der Waals surface area contributed by atoms with E-state index in [0.717, 1.165) is 6.42 Å². The maximum absolute atomic E-state index is 12.5. The number of nitrogens with one attached hydrogen (secondary N) is 2. The first-order valence-corrected chi connectivity index (χ1v) is 10.1. The highest BCUT2D eigenvalue weighted by Gasteiger charge is 2.10. The Hall–Kier alpha value is -3.51. The molecule has 2 aromatic carbocycles. The lowest BCUT2D eigenvalue weighted by Gasteiger charge is -2.08. The van der Waals surface area contributed by atoms with Gasteiger partial charge < -0.3 is 10.6 Å². The Kier molecular flexibility index (Phi) is 5.63. The Labute approximate surface area is 172 Å². The molecule has 0 spiro atoms. The molecular formula is C23H19N3O2S. The van der Waals surface area contributed by atoms with E-state index in [-0.39, 0.29) is 11.8 Å². The summed E-state index contributed by atoms with van der Waals surface area (Å²) in [6.07, 6.45) is 3.88. The Morgan fingerprint density at radius 1 is 0.931 bits per heavy atom. The Balaban J connectivity index is 1.36. The number of carbonyl (C=O) groups excluding carboxylic acids is 2. The van der Waals surface area contributed by atoms with E-state index in [2.05, 4.69) is 33.1 Å². The highest BCUT2D eigenvalue weighted by molar-refractivity contribution is 7.17. The van der Waals surface area contributed by atoms with Gasteiger partial charge in [-0.25, -0.2) is 0 Å². The minimum atomic E-state index is -0.264. The topological polar surface area (TPSA) is 71.1 Å². The SMILES string of the molecule is O=C(NCCc1csc2ccccc12)c1cccc(NC(=O)c2cccnc2)c1. The Morgan fingerprint density at radius 2 is 1.79 bits per heavy atom. The molecule has 2 aromatic heterocycles. The van der Waals surface area contributed by atoms with Gasteiger partial charge in [-0.1, -0.05) is 24.3 Å². The predicted molar refractivity (Wildman–Crippen MR) is 116 cm³/mol. The van der Waals surface area contributed by atoms with E-state index in [0.29, 0.717) is 23.4 Å². The number of aromatic nitrogens is 1. The summed E-state index contributed by atoms with van der Waals surface area (Å²) in [5.41, 5.74) is 2.77. The lowest BCUT2D eigenvalue weighted by atomic mass is 10.1. The van der Waals surface area contributed by atoms with Crippen molar-refractivity contribution in [2.75, 3.05) is 11.9 Å². The second-order valence-electron chi connectivity index (χ2n) is 6.54. The Bertz CT molecular complexity index is 1150. The summed E-state index contributed by atoms with van der Waals surface area (Å²) in [4.78, 5) is 28.7. The zero-order chi connectivity index (χ0) is 20.1. The molecule has 0 aliphatic heterocycles. The summed E-state index contributed by atoms with van der Waals surface area (Å²) < 4.78 is 1.26. The fourth-order valence-electron chi connectivity index (χ4n) is 3.08. The third-order valence-corrected chi connectivity index (χ3v) is 5.56. The van der Waals surface area contributed by atoms with Crippen LogP contribution in [0.5, 0.6) is 0 Å². The number of rotatable bonds is 6. The van der Waals surface area contributed by atoms with Crippen molar-refractivity contribution in [1.29, 1.82) is 0 Å². The number of nitrogens with zero attached hydrogens (tertiary/aromatic N) is 1. The molecule has 0 atom stereocenters. The number of pyridine rings is 1. The highest BCUT2D eigenvalue weighted by atomic mass is 32.1. The highest BCUT2D eigenvalue weighted by Crippen LogP contribution is 2.25. The van der Waals surface area contributed by atoms with Crippen LogP contribution in [0.25, 0.3) is 10.1 Å². The van der Waals surface area contributed by atoms with Crippen LogP contribution in [-0.2, 0) is 6.42 Å². The van der Waals surface area contributed by atoms with Gasteiger partial charge in [-0.15, -0.1) is 11.3 Å². The molecule has 6 heteroatoms. The van der Waals surface area contributed by atoms with E-state index in [1.54, 1.807) is 53.9 Å². The lowest BCUT2D eigenvalue weighted by molar-refractivity contribution is 0.0952. The number of fused-ring (bicyclic) bond motifs is 1. The van der Waals surface area contributed by atoms with Crippen molar-refractivity contribution in [3.63, 3.8) is 0 Å². The molecule has 0 unspecified atom stereocenters. The van der Waals surface area contributed by atoms with E-state index < -0.39 is 0 Å². The normalized spacial score (nSPS) is 10.6. The first kappa shape index (κ1) is 18.8. The van der Waals surface area contributed by atoms with Crippen LogP contribution in [0, 0.1) is 0 Å². The number of carbonyl (C=O) groups is 2. The maximum Gasteiger partial charge on any atom is 0.257 e. The third kappa shape index (κ3) is 4.50. The smallest absolute Gasteiger partial charge is 0.257 e. The number of anilines is 1. The van der Waals surface area contributed by atoms with E-state index in [9.17, 15) is 9.59 Å². The fourth-order valence-corrected chi connectivity index (χ4v) is 4.07. The number of benzene rings is 2. The van der Waals surface area contributed by atoms with Gasteiger partial charge in [0, 0.05) is 34.9 Å². The second-order valence-corrected chi connectivity index (χ2v) is 7.45. The summed E-state index contributed by atoms with van der Waals surface area (Å²) in [5, 5.41) is 9.14. The van der Waals surface area contributed by atoms with Crippen LogP contribution in [-0.4, -0.2) is 23.3 Å². The number of hydrogen-bond acceptors (Lipinski definition) is 4. The van der Waals surface area contributed by atoms with Gasteiger partial charge in [-0.2, -0.15) is 0 Å². The minimum absolute atomic E-state index is 0.165. The van der Waals surface area contributed by atoms with Crippen LogP contribution in [0.1, 0.15) is 26.3 Å². The molecule has 0 saturated heterocycles. The summed E-state index contributed by atoms with van der Waals surface area (Å²) in [6, 6.07) is 18.6. The van der Waals surface area contributed by atoms with E-state index in [1.165, 1.54) is 21.8 Å². The average Bonchev–Trinajstić information content (AvgIpc) is 3.18. The molecule has 0 aliphatic rings. The summed E-state index contributed by atoms with van der Waals surface area (Å²) in [6.45, 7) is 0.547. The van der Waals surface area contributed by atoms with Crippen LogP contribution in [0.15, 0.2) is 78.4 Å². The largest absolute Gasteiger partial charge is 0.352 e. The van der Waals surface area contributed by atoms with Crippen LogP contribution < -0.4 is 10.6 Å². The van der Waals surface area contributed by atoms with Gasteiger partial charge in [-0.05, 0) is 59.1 Å². The predicted octanol–water partition coefficient (Wildman–Crippen LogP) is 4.52. The van der Waals surface area contributed by atoms with Crippen molar-refractivity contribution in [3.05, 3.63) is 95.1 Å². The van der Waals surface area contributed by atoms with E-state index in [1.807, 2.05) is 12.1 Å². The van der Waals surface area contributed by atoms with Gasteiger partial charge >= 0.3 is 0 Å². The fraction of sp³-hybridized carbons (Fsp3) is 0.0870. The van der Waals surface area contributed by atoms with Gasteiger partial charge in [-0.3, -0.25) is 14.6 Å². The van der Waals surface area contributed by atoms with Crippen molar-refractivity contribution in [2.45, 2.75) is 6.42 Å². The van der Waals surface area contributed by atoms with Crippen molar-refractivity contribution in [1.82, 2.24) is 10.3 Å². The monoisotopic (exact) mass is 401 g/mol. The number of amides is 2. The quantitative estimate of drug-likeness (QED) is 0.499. The molecular weight excluding hydrogens is 382 g/mol. The molecule has 0 fully saturated rings. The van der Waals surface area contributed by atoms with Crippen LogP contribution in [0.2, 0.25) is 0 Å². The molecule has 144 valence electrons. The Morgan fingerprint density at radius 3 is 2.66 bits per heavy atom. The third-order valence-electron chi connectivity index (χ3n) is 4.55. The number of thiophene rings is 1. The van der Waals surface area contributed by atoms with Gasteiger partial charge in [0.05, 0.1) is 5.56 Å². The molecule has 4 rings (SSSR count). The van der Waals surface area contributed by atoms with Crippen molar-refractivity contribution >= 4 is 38.9 Å². The molecule has 29 heavy (non-hydrogen) atoms. The first-order valence-electron chi connectivity index (χ1n) is 9.25.